The van der Waals surface area contributed by atoms with Gasteiger partial charge in [-0.15, -0.1) is 0 Å². The molecule has 3 heteroatoms. The molecule has 1 aliphatic carbocycles. The van der Waals surface area contributed by atoms with Crippen LogP contribution < -0.4 is 5.32 Å². The average Bonchev–Trinajstić information content (AvgIpc) is 2.38. The second-order valence-electron chi connectivity index (χ2n) is 5.20. The first kappa shape index (κ1) is 14.5. The highest BCUT2D eigenvalue weighted by Crippen LogP contribution is 2.29. The first-order valence-corrected chi connectivity index (χ1v) is 7.16. The molecule has 0 aromatic heterocycles. The molecule has 0 aliphatic heterocycles. The summed E-state index contributed by atoms with van der Waals surface area (Å²) in [6, 6.07) is 0. The van der Waals surface area contributed by atoms with Crippen LogP contribution in [-0.4, -0.2) is 24.2 Å². The van der Waals surface area contributed by atoms with E-state index in [0.29, 0.717) is 6.54 Å². The van der Waals surface area contributed by atoms with Crippen LogP contribution in [0.5, 0.6) is 0 Å². The lowest BCUT2D eigenvalue weighted by Gasteiger charge is -2.23. The largest absolute Gasteiger partial charge is 0.395 e. The van der Waals surface area contributed by atoms with Crippen LogP contribution >= 0.6 is 0 Å². The molecule has 1 rings (SSSR count). The standard InChI is InChI=1S/C14H27NO2/c1-2-13(14(17)15-10-11-16)9-8-12-6-4-3-5-7-12/h12-13,16H,2-11H2,1H3,(H,15,17). The first-order valence-electron chi connectivity index (χ1n) is 7.16. The van der Waals surface area contributed by atoms with Gasteiger partial charge in [-0.25, -0.2) is 0 Å². The Kier molecular flexibility index (Phi) is 7.25. The van der Waals surface area contributed by atoms with Crippen molar-refractivity contribution in [2.24, 2.45) is 11.8 Å². The van der Waals surface area contributed by atoms with E-state index in [-0.39, 0.29) is 18.4 Å². The molecule has 1 aliphatic rings. The summed E-state index contributed by atoms with van der Waals surface area (Å²) in [6.07, 6.45) is 9.97. The lowest BCUT2D eigenvalue weighted by atomic mass is 9.83. The van der Waals surface area contributed by atoms with E-state index in [9.17, 15) is 4.79 Å². The van der Waals surface area contributed by atoms with Gasteiger partial charge in [-0.3, -0.25) is 4.79 Å². The van der Waals surface area contributed by atoms with Crippen LogP contribution in [0, 0.1) is 11.8 Å². The van der Waals surface area contributed by atoms with Crippen molar-refractivity contribution in [2.75, 3.05) is 13.2 Å². The minimum atomic E-state index is 0.0325. The zero-order valence-corrected chi connectivity index (χ0v) is 11.1. The van der Waals surface area contributed by atoms with Gasteiger partial charge in [0.2, 0.25) is 5.91 Å². The maximum Gasteiger partial charge on any atom is 0.223 e. The lowest BCUT2D eigenvalue weighted by Crippen LogP contribution is -2.32. The molecular formula is C14H27NO2. The van der Waals surface area contributed by atoms with Crippen LogP contribution in [-0.2, 0) is 4.79 Å². The van der Waals surface area contributed by atoms with Crippen LogP contribution in [0.25, 0.3) is 0 Å². The predicted molar refractivity (Wildman–Crippen MR) is 69.7 cm³/mol. The maximum atomic E-state index is 11.8. The Morgan fingerprint density at radius 3 is 2.65 bits per heavy atom. The molecule has 1 amide bonds. The van der Waals surface area contributed by atoms with E-state index in [1.54, 1.807) is 0 Å². The third-order valence-electron chi connectivity index (χ3n) is 3.92. The van der Waals surface area contributed by atoms with Gasteiger partial charge >= 0.3 is 0 Å². The van der Waals surface area contributed by atoms with Gasteiger partial charge in [-0.1, -0.05) is 39.0 Å². The minimum Gasteiger partial charge on any atom is -0.395 e. The van der Waals surface area contributed by atoms with Gasteiger partial charge < -0.3 is 10.4 Å². The van der Waals surface area contributed by atoms with E-state index >= 15 is 0 Å². The Hall–Kier alpha value is -0.570. The Labute approximate surface area is 105 Å². The average molecular weight is 241 g/mol. The molecule has 3 nitrogen and oxygen atoms in total. The zero-order valence-electron chi connectivity index (χ0n) is 11.1. The van der Waals surface area contributed by atoms with E-state index in [2.05, 4.69) is 12.2 Å². The normalized spacial score (nSPS) is 18.9. The van der Waals surface area contributed by atoms with E-state index < -0.39 is 0 Å². The van der Waals surface area contributed by atoms with E-state index in [0.717, 1.165) is 18.8 Å². The number of rotatable bonds is 7. The van der Waals surface area contributed by atoms with Crippen LogP contribution in [0.15, 0.2) is 0 Å². The van der Waals surface area contributed by atoms with Crippen molar-refractivity contribution < 1.29 is 9.90 Å². The molecule has 1 unspecified atom stereocenters. The quantitative estimate of drug-likeness (QED) is 0.719. The Balaban J connectivity index is 2.23. The highest BCUT2D eigenvalue weighted by atomic mass is 16.3. The highest BCUT2D eigenvalue weighted by Gasteiger charge is 2.19. The SMILES string of the molecule is CCC(CCC1CCCCC1)C(=O)NCCO. The molecule has 0 aromatic carbocycles. The van der Waals surface area contributed by atoms with Crippen molar-refractivity contribution in [1.82, 2.24) is 5.32 Å². The lowest BCUT2D eigenvalue weighted by molar-refractivity contribution is -0.125. The molecule has 0 spiro atoms. The van der Waals surface area contributed by atoms with Crippen molar-refractivity contribution in [1.29, 1.82) is 0 Å². The summed E-state index contributed by atoms with van der Waals surface area (Å²) in [4.78, 5) is 11.8. The number of carbonyl (C=O) groups excluding carboxylic acids is 1. The van der Waals surface area contributed by atoms with E-state index in [4.69, 9.17) is 5.11 Å². The zero-order chi connectivity index (χ0) is 12.5. The molecule has 17 heavy (non-hydrogen) atoms. The number of amides is 1. The van der Waals surface area contributed by atoms with Gasteiger partial charge in [-0.2, -0.15) is 0 Å². The molecule has 1 fully saturated rings. The number of carbonyl (C=O) groups is 1. The molecular weight excluding hydrogens is 214 g/mol. The third-order valence-corrected chi connectivity index (χ3v) is 3.92. The summed E-state index contributed by atoms with van der Waals surface area (Å²) in [5, 5.41) is 11.5. The number of hydrogen-bond donors (Lipinski definition) is 2. The number of aliphatic hydroxyl groups excluding tert-OH is 1. The Morgan fingerprint density at radius 2 is 2.06 bits per heavy atom. The van der Waals surface area contributed by atoms with Gasteiger partial charge in [-0.05, 0) is 25.2 Å². The number of hydrogen-bond acceptors (Lipinski definition) is 2. The summed E-state index contributed by atoms with van der Waals surface area (Å²) >= 11 is 0. The van der Waals surface area contributed by atoms with Gasteiger partial charge in [0.05, 0.1) is 6.61 Å². The fourth-order valence-corrected chi connectivity index (χ4v) is 2.76. The monoisotopic (exact) mass is 241 g/mol. The number of nitrogens with one attached hydrogen (secondary N) is 1. The summed E-state index contributed by atoms with van der Waals surface area (Å²) in [5.41, 5.74) is 0. The minimum absolute atomic E-state index is 0.0325. The van der Waals surface area contributed by atoms with Crippen LogP contribution in [0.1, 0.15) is 58.3 Å². The van der Waals surface area contributed by atoms with Gasteiger partial charge in [0.1, 0.15) is 0 Å². The van der Waals surface area contributed by atoms with Crippen molar-refractivity contribution in [3.05, 3.63) is 0 Å². The van der Waals surface area contributed by atoms with Crippen LogP contribution in [0.4, 0.5) is 0 Å². The number of aliphatic hydroxyl groups is 1. The van der Waals surface area contributed by atoms with E-state index in [1.807, 2.05) is 0 Å². The molecule has 0 bridgehead atoms. The molecule has 0 radical (unpaired) electrons. The summed E-state index contributed by atoms with van der Waals surface area (Å²) in [6.45, 7) is 2.49. The first-order chi connectivity index (χ1) is 8.27. The smallest absolute Gasteiger partial charge is 0.223 e. The third kappa shape index (κ3) is 5.53. The van der Waals surface area contributed by atoms with Crippen LogP contribution in [0.2, 0.25) is 0 Å². The Bertz CT molecular complexity index is 212. The topological polar surface area (TPSA) is 49.3 Å². The van der Waals surface area contributed by atoms with Crippen molar-refractivity contribution in [3.8, 4) is 0 Å². The fraction of sp³-hybridized carbons (Fsp3) is 0.929. The van der Waals surface area contributed by atoms with E-state index in [1.165, 1.54) is 38.5 Å². The van der Waals surface area contributed by atoms with Gasteiger partial charge in [0.25, 0.3) is 0 Å². The molecule has 100 valence electrons. The van der Waals surface area contributed by atoms with Crippen LogP contribution in [0.3, 0.4) is 0 Å². The van der Waals surface area contributed by atoms with Crippen molar-refractivity contribution in [3.63, 3.8) is 0 Å². The van der Waals surface area contributed by atoms with Gasteiger partial charge in [0, 0.05) is 12.5 Å². The van der Waals surface area contributed by atoms with Crippen molar-refractivity contribution >= 4 is 5.91 Å². The second-order valence-corrected chi connectivity index (χ2v) is 5.20. The molecule has 0 aromatic rings. The summed E-state index contributed by atoms with van der Waals surface area (Å²) in [7, 11) is 0. The fourth-order valence-electron chi connectivity index (χ4n) is 2.76. The molecule has 1 saturated carbocycles. The predicted octanol–water partition coefficient (Wildman–Crippen LogP) is 2.48. The van der Waals surface area contributed by atoms with Crippen molar-refractivity contribution in [2.45, 2.75) is 58.3 Å². The highest BCUT2D eigenvalue weighted by molar-refractivity contribution is 5.78. The molecule has 2 N–H and O–H groups in total. The second kappa shape index (κ2) is 8.51. The Morgan fingerprint density at radius 1 is 1.35 bits per heavy atom. The molecule has 0 saturated heterocycles. The summed E-state index contributed by atoms with van der Waals surface area (Å²) in [5.74, 6) is 1.12. The van der Waals surface area contributed by atoms with Gasteiger partial charge in [0.15, 0.2) is 0 Å². The molecule has 1 atom stereocenters. The maximum absolute atomic E-state index is 11.8. The summed E-state index contributed by atoms with van der Waals surface area (Å²) < 4.78 is 0. The molecule has 0 heterocycles.